The van der Waals surface area contributed by atoms with Crippen molar-refractivity contribution in [2.45, 2.75) is 65.6 Å². The maximum absolute atomic E-state index is 12.9. The third kappa shape index (κ3) is 8.88. The van der Waals surface area contributed by atoms with Crippen LogP contribution in [0.2, 0.25) is 0 Å². The SMILES string of the molecule is CC(C)CC(O)C(=O)NC(Cc1ccc(-c2ccccc2)cc1)C(=O)NC(C)C(C)C.[W]. The molecule has 0 fully saturated rings. The molecule has 5 nitrogen and oxygen atoms in total. The summed E-state index contributed by atoms with van der Waals surface area (Å²) >= 11 is 0. The van der Waals surface area contributed by atoms with Crippen LogP contribution in [0.1, 0.15) is 46.6 Å². The maximum atomic E-state index is 12.9. The largest absolute Gasteiger partial charge is 0.383 e. The Morgan fingerprint density at radius 2 is 1.38 bits per heavy atom. The van der Waals surface area contributed by atoms with Crippen molar-refractivity contribution in [3.05, 3.63) is 60.2 Å². The average Bonchev–Trinajstić information content (AvgIpc) is 2.73. The van der Waals surface area contributed by atoms with Crippen LogP contribution in [0.25, 0.3) is 11.1 Å². The van der Waals surface area contributed by atoms with Crippen molar-refractivity contribution in [3.8, 4) is 11.1 Å². The second-order valence-electron chi connectivity index (χ2n) is 9.01. The molecule has 0 saturated heterocycles. The quantitative estimate of drug-likeness (QED) is 0.383. The fraction of sp³-hybridized carbons (Fsp3) is 0.462. The van der Waals surface area contributed by atoms with E-state index in [2.05, 4.69) is 22.8 Å². The Balaban J connectivity index is 0.00000512. The topological polar surface area (TPSA) is 78.4 Å². The first-order chi connectivity index (χ1) is 14.7. The Bertz CT molecular complexity index is 838. The Hall–Kier alpha value is -1.97. The van der Waals surface area contributed by atoms with E-state index in [-0.39, 0.29) is 44.9 Å². The predicted molar refractivity (Wildman–Crippen MR) is 125 cm³/mol. The summed E-state index contributed by atoms with van der Waals surface area (Å²) in [7, 11) is 0. The average molecular weight is 608 g/mol. The van der Waals surface area contributed by atoms with Crippen LogP contribution in [-0.4, -0.2) is 35.1 Å². The van der Waals surface area contributed by atoms with Gasteiger partial charge in [-0.2, -0.15) is 0 Å². The van der Waals surface area contributed by atoms with Gasteiger partial charge in [0, 0.05) is 33.5 Å². The van der Waals surface area contributed by atoms with Gasteiger partial charge in [0.15, 0.2) is 0 Å². The smallest absolute Gasteiger partial charge is 0.249 e. The van der Waals surface area contributed by atoms with Gasteiger partial charge in [-0.25, -0.2) is 0 Å². The molecular formula is C26H36N2O3W. The summed E-state index contributed by atoms with van der Waals surface area (Å²) in [4.78, 5) is 25.4. The van der Waals surface area contributed by atoms with Gasteiger partial charge in [-0.05, 0) is 41.9 Å². The zero-order valence-electron chi connectivity index (χ0n) is 19.7. The van der Waals surface area contributed by atoms with E-state index in [1.54, 1.807) is 0 Å². The molecule has 32 heavy (non-hydrogen) atoms. The van der Waals surface area contributed by atoms with Crippen LogP contribution < -0.4 is 10.6 Å². The fourth-order valence-corrected chi connectivity index (χ4v) is 3.22. The molecule has 174 valence electrons. The van der Waals surface area contributed by atoms with Gasteiger partial charge in [-0.1, -0.05) is 82.3 Å². The van der Waals surface area contributed by atoms with Crippen molar-refractivity contribution >= 4 is 11.8 Å². The third-order valence-electron chi connectivity index (χ3n) is 5.50. The molecule has 0 aliphatic heterocycles. The summed E-state index contributed by atoms with van der Waals surface area (Å²) in [6.07, 6.45) is -0.418. The minimum atomic E-state index is -1.13. The molecule has 2 rings (SSSR count). The van der Waals surface area contributed by atoms with E-state index in [4.69, 9.17) is 0 Å². The van der Waals surface area contributed by atoms with Gasteiger partial charge in [-0.15, -0.1) is 0 Å². The van der Waals surface area contributed by atoms with Gasteiger partial charge in [0.2, 0.25) is 11.8 Å². The number of aliphatic hydroxyl groups is 1. The number of hydrogen-bond donors (Lipinski definition) is 3. The first-order valence-electron chi connectivity index (χ1n) is 11.1. The number of nitrogens with one attached hydrogen (secondary N) is 2. The van der Waals surface area contributed by atoms with Crippen LogP contribution in [0.5, 0.6) is 0 Å². The number of carbonyl (C=O) groups excluding carboxylic acids is 2. The first-order valence-corrected chi connectivity index (χ1v) is 11.1. The zero-order chi connectivity index (χ0) is 23.0. The van der Waals surface area contributed by atoms with Crippen molar-refractivity contribution in [1.82, 2.24) is 10.6 Å². The number of hydrogen-bond acceptors (Lipinski definition) is 3. The van der Waals surface area contributed by atoms with Crippen LogP contribution in [0.4, 0.5) is 0 Å². The van der Waals surface area contributed by atoms with Gasteiger partial charge in [-0.3, -0.25) is 9.59 Å². The number of aliphatic hydroxyl groups excluding tert-OH is 1. The number of rotatable bonds is 10. The van der Waals surface area contributed by atoms with Crippen molar-refractivity contribution < 1.29 is 35.8 Å². The van der Waals surface area contributed by atoms with Crippen LogP contribution in [0.15, 0.2) is 54.6 Å². The maximum Gasteiger partial charge on any atom is 0.249 e. The Labute approximate surface area is 206 Å². The molecule has 2 aromatic carbocycles. The molecule has 0 bridgehead atoms. The molecule has 0 aliphatic carbocycles. The van der Waals surface area contributed by atoms with E-state index in [9.17, 15) is 14.7 Å². The Kier molecular flexibility index (Phi) is 11.9. The van der Waals surface area contributed by atoms with Gasteiger partial charge in [0.05, 0.1) is 0 Å². The van der Waals surface area contributed by atoms with Gasteiger partial charge in [0.1, 0.15) is 12.1 Å². The van der Waals surface area contributed by atoms with Crippen LogP contribution in [0, 0.1) is 11.8 Å². The fourth-order valence-electron chi connectivity index (χ4n) is 3.22. The molecular weight excluding hydrogens is 572 g/mol. The van der Waals surface area contributed by atoms with Crippen LogP contribution >= 0.6 is 0 Å². The minimum Gasteiger partial charge on any atom is -0.383 e. The molecule has 0 heterocycles. The molecule has 3 atom stereocenters. The van der Waals surface area contributed by atoms with Crippen molar-refractivity contribution in [3.63, 3.8) is 0 Å². The van der Waals surface area contributed by atoms with Crippen molar-refractivity contribution in [1.29, 1.82) is 0 Å². The van der Waals surface area contributed by atoms with Crippen molar-refractivity contribution in [2.24, 2.45) is 11.8 Å². The summed E-state index contributed by atoms with van der Waals surface area (Å²) in [5.41, 5.74) is 3.16. The van der Waals surface area contributed by atoms with E-state index in [1.807, 2.05) is 77.1 Å². The molecule has 2 aromatic rings. The molecule has 0 aliphatic rings. The summed E-state index contributed by atoms with van der Waals surface area (Å²) in [5.74, 6) is -0.290. The summed E-state index contributed by atoms with van der Waals surface area (Å²) in [6.45, 7) is 9.91. The summed E-state index contributed by atoms with van der Waals surface area (Å²) < 4.78 is 0. The van der Waals surface area contributed by atoms with E-state index in [0.29, 0.717) is 12.8 Å². The van der Waals surface area contributed by atoms with E-state index in [1.165, 1.54) is 0 Å². The standard InChI is InChI=1S/C26H36N2O3.W/c1-17(2)15-24(29)26(31)28-23(25(30)27-19(5)18(3)4)16-20-11-13-22(14-12-20)21-9-7-6-8-10-21;/h6-14,17-19,23-24,29H,15-16H2,1-5H3,(H,27,30)(H,28,31);. The number of amides is 2. The zero-order valence-corrected chi connectivity index (χ0v) is 22.6. The van der Waals surface area contributed by atoms with Crippen LogP contribution in [-0.2, 0) is 37.1 Å². The third-order valence-corrected chi connectivity index (χ3v) is 5.50. The molecule has 3 N–H and O–H groups in total. The second kappa shape index (κ2) is 13.5. The van der Waals surface area contributed by atoms with Crippen LogP contribution in [0.3, 0.4) is 0 Å². The molecule has 0 radical (unpaired) electrons. The summed E-state index contributed by atoms with van der Waals surface area (Å²) in [5, 5.41) is 15.9. The molecule has 0 spiro atoms. The monoisotopic (exact) mass is 608 g/mol. The Morgan fingerprint density at radius 3 is 1.91 bits per heavy atom. The molecule has 0 aromatic heterocycles. The van der Waals surface area contributed by atoms with Crippen molar-refractivity contribution in [2.75, 3.05) is 0 Å². The van der Waals surface area contributed by atoms with Gasteiger partial charge < -0.3 is 15.7 Å². The number of carbonyl (C=O) groups is 2. The Morgan fingerprint density at radius 1 is 0.812 bits per heavy atom. The van der Waals surface area contributed by atoms with E-state index < -0.39 is 18.1 Å². The molecule has 3 unspecified atom stereocenters. The van der Waals surface area contributed by atoms with E-state index >= 15 is 0 Å². The molecule has 2 amide bonds. The normalized spacial score (nSPS) is 13.8. The molecule has 6 heteroatoms. The van der Waals surface area contributed by atoms with Gasteiger partial charge >= 0.3 is 0 Å². The predicted octanol–water partition coefficient (Wildman–Crippen LogP) is 3.95. The molecule has 0 saturated carbocycles. The minimum absolute atomic E-state index is 0. The second-order valence-corrected chi connectivity index (χ2v) is 9.01. The van der Waals surface area contributed by atoms with Gasteiger partial charge in [0.25, 0.3) is 0 Å². The van der Waals surface area contributed by atoms with E-state index in [0.717, 1.165) is 16.7 Å². The summed E-state index contributed by atoms with van der Waals surface area (Å²) in [6, 6.07) is 17.3. The number of benzene rings is 2. The first kappa shape index (κ1) is 28.1.